The Bertz CT molecular complexity index is 1040. The van der Waals surface area contributed by atoms with Crippen LogP contribution < -0.4 is 0 Å². The molecule has 0 radical (unpaired) electrons. The number of hydrogen-bond donors (Lipinski definition) is 0. The van der Waals surface area contributed by atoms with Gasteiger partial charge in [-0.3, -0.25) is 9.69 Å². The fraction of sp³-hybridized carbons (Fsp3) is 0.593. The number of rotatable bonds is 4. The Labute approximate surface area is 191 Å². The molecule has 170 valence electrons. The molecular formula is C27H35N3O2. The Morgan fingerprint density at radius 3 is 3.00 bits per heavy atom. The Morgan fingerprint density at radius 1 is 1.16 bits per heavy atom. The normalized spacial score (nSPS) is 30.0. The molecule has 0 spiro atoms. The monoisotopic (exact) mass is 433 g/mol. The van der Waals surface area contributed by atoms with Crippen LogP contribution in [0.2, 0.25) is 0 Å². The van der Waals surface area contributed by atoms with Gasteiger partial charge >= 0.3 is 0 Å². The summed E-state index contributed by atoms with van der Waals surface area (Å²) in [4.78, 5) is 18.8. The Morgan fingerprint density at radius 2 is 2.09 bits per heavy atom. The van der Waals surface area contributed by atoms with Gasteiger partial charge in [0.1, 0.15) is 0 Å². The first kappa shape index (κ1) is 20.5. The van der Waals surface area contributed by atoms with E-state index in [1.54, 1.807) is 12.7 Å². The van der Waals surface area contributed by atoms with E-state index in [1.165, 1.54) is 50.7 Å². The maximum atomic E-state index is 13.8. The Balaban J connectivity index is 1.28. The first-order chi connectivity index (χ1) is 15.7. The molecule has 4 aliphatic rings. The average Bonchev–Trinajstić information content (AvgIpc) is 3.24. The summed E-state index contributed by atoms with van der Waals surface area (Å²) in [7, 11) is 1.73. The maximum Gasteiger partial charge on any atom is 0.254 e. The van der Waals surface area contributed by atoms with Crippen molar-refractivity contribution in [1.82, 2.24) is 14.4 Å². The third kappa shape index (κ3) is 3.41. The minimum Gasteiger partial charge on any atom is -0.383 e. The van der Waals surface area contributed by atoms with Gasteiger partial charge in [0.2, 0.25) is 0 Å². The number of carbonyl (C=O) groups is 1. The van der Waals surface area contributed by atoms with E-state index >= 15 is 0 Å². The zero-order chi connectivity index (χ0) is 21.7. The first-order valence-corrected chi connectivity index (χ1v) is 12.6. The topological polar surface area (TPSA) is 37.7 Å². The molecule has 4 atom stereocenters. The molecule has 1 aliphatic carbocycles. The van der Waals surface area contributed by atoms with E-state index in [4.69, 9.17) is 4.74 Å². The minimum atomic E-state index is 0.214. The predicted octanol–water partition coefficient (Wildman–Crippen LogP) is 4.32. The lowest BCUT2D eigenvalue weighted by Gasteiger charge is -2.54. The third-order valence-electron chi connectivity index (χ3n) is 8.47. The van der Waals surface area contributed by atoms with Gasteiger partial charge in [-0.2, -0.15) is 0 Å². The van der Waals surface area contributed by atoms with Gasteiger partial charge in [0.25, 0.3) is 5.91 Å². The second-order valence-electron chi connectivity index (χ2n) is 10.3. The van der Waals surface area contributed by atoms with Crippen molar-refractivity contribution in [2.24, 2.45) is 11.8 Å². The van der Waals surface area contributed by atoms with Crippen LogP contribution in [0, 0.1) is 11.8 Å². The number of methoxy groups -OCH3 is 1. The van der Waals surface area contributed by atoms with Crippen LogP contribution in [0.3, 0.4) is 0 Å². The molecule has 2 unspecified atom stereocenters. The molecule has 5 heteroatoms. The quantitative estimate of drug-likeness (QED) is 0.674. The molecule has 2 bridgehead atoms. The smallest absolute Gasteiger partial charge is 0.254 e. The Kier molecular flexibility index (Phi) is 5.34. The number of fused-ring (bicyclic) bond motifs is 7. The lowest BCUT2D eigenvalue weighted by atomic mass is 9.68. The highest BCUT2D eigenvalue weighted by Crippen LogP contribution is 2.45. The van der Waals surface area contributed by atoms with Crippen LogP contribution >= 0.6 is 0 Å². The van der Waals surface area contributed by atoms with Crippen molar-refractivity contribution in [2.75, 3.05) is 33.4 Å². The fourth-order valence-electron chi connectivity index (χ4n) is 7.08. The molecule has 0 saturated carbocycles. The van der Waals surface area contributed by atoms with Gasteiger partial charge in [0.15, 0.2) is 0 Å². The van der Waals surface area contributed by atoms with Crippen LogP contribution in [-0.2, 0) is 11.3 Å². The lowest BCUT2D eigenvalue weighted by molar-refractivity contribution is 0.00148. The predicted molar refractivity (Wildman–Crippen MR) is 127 cm³/mol. The van der Waals surface area contributed by atoms with Crippen molar-refractivity contribution < 1.29 is 9.53 Å². The van der Waals surface area contributed by atoms with Gasteiger partial charge in [-0.25, -0.2) is 0 Å². The molecule has 2 aromatic rings. The van der Waals surface area contributed by atoms with Gasteiger partial charge in [-0.15, -0.1) is 0 Å². The van der Waals surface area contributed by atoms with E-state index in [1.807, 2.05) is 6.07 Å². The Hall–Kier alpha value is -2.11. The molecular weight excluding hydrogens is 398 g/mol. The maximum absolute atomic E-state index is 13.8. The van der Waals surface area contributed by atoms with Crippen LogP contribution in [0.4, 0.5) is 0 Å². The molecule has 3 aliphatic heterocycles. The molecule has 1 amide bonds. The van der Waals surface area contributed by atoms with Crippen LogP contribution in [0.1, 0.15) is 48.9 Å². The number of aromatic nitrogens is 1. The highest BCUT2D eigenvalue weighted by atomic mass is 16.5. The van der Waals surface area contributed by atoms with Crippen LogP contribution in [0.5, 0.6) is 0 Å². The van der Waals surface area contributed by atoms with Crippen molar-refractivity contribution in [2.45, 2.75) is 57.2 Å². The van der Waals surface area contributed by atoms with Gasteiger partial charge in [-0.05, 0) is 74.8 Å². The zero-order valence-corrected chi connectivity index (χ0v) is 19.2. The van der Waals surface area contributed by atoms with E-state index in [2.05, 4.69) is 44.8 Å². The van der Waals surface area contributed by atoms with Crippen LogP contribution in [0.25, 0.3) is 10.9 Å². The van der Waals surface area contributed by atoms with Gasteiger partial charge < -0.3 is 14.2 Å². The van der Waals surface area contributed by atoms with E-state index < -0.39 is 0 Å². The highest BCUT2D eigenvalue weighted by Gasteiger charge is 2.46. The molecule has 3 saturated heterocycles. The summed E-state index contributed by atoms with van der Waals surface area (Å²) in [5.41, 5.74) is 3.56. The molecule has 5 nitrogen and oxygen atoms in total. The van der Waals surface area contributed by atoms with Crippen molar-refractivity contribution in [1.29, 1.82) is 0 Å². The molecule has 32 heavy (non-hydrogen) atoms. The first-order valence-electron chi connectivity index (χ1n) is 12.6. The number of amides is 1. The standard InChI is InChI=1S/C27H35N3O2/c1-32-14-13-28-12-9-19-15-21(7-8-25(19)28)27(31)30-11-4-5-20-16-22-17-23(26(20)30)18-29-10-3-2-6-24(22)29/h7-9,12,15-16,22-24,26H,2-6,10-11,13-14,17-18H2,1H3/t22?,23?,24-,26-/m1/s1. The summed E-state index contributed by atoms with van der Waals surface area (Å²) in [6, 6.07) is 9.40. The number of nitrogens with zero attached hydrogens (tertiary/aromatic N) is 3. The second kappa shape index (κ2) is 8.35. The van der Waals surface area contributed by atoms with Crippen molar-refractivity contribution in [3.8, 4) is 0 Å². The van der Waals surface area contributed by atoms with Crippen LogP contribution in [0.15, 0.2) is 42.1 Å². The number of benzene rings is 1. The van der Waals surface area contributed by atoms with Gasteiger partial charge in [0.05, 0.1) is 12.6 Å². The lowest BCUT2D eigenvalue weighted by Crippen LogP contribution is -2.60. The summed E-state index contributed by atoms with van der Waals surface area (Å²) in [5.74, 6) is 1.52. The number of ether oxygens (including phenoxy) is 1. The third-order valence-corrected chi connectivity index (χ3v) is 8.47. The molecule has 0 N–H and O–H groups in total. The number of hydrogen-bond acceptors (Lipinski definition) is 3. The molecule has 1 aromatic heterocycles. The molecule has 3 fully saturated rings. The summed E-state index contributed by atoms with van der Waals surface area (Å²) < 4.78 is 7.43. The second-order valence-corrected chi connectivity index (χ2v) is 10.3. The van der Waals surface area contributed by atoms with E-state index in [9.17, 15) is 4.79 Å². The summed E-state index contributed by atoms with van der Waals surface area (Å²) >= 11 is 0. The van der Waals surface area contributed by atoms with Crippen molar-refractivity contribution >= 4 is 16.8 Å². The van der Waals surface area contributed by atoms with E-state index in [-0.39, 0.29) is 5.91 Å². The van der Waals surface area contributed by atoms with Gasteiger partial charge in [0, 0.05) is 55.4 Å². The fourth-order valence-corrected chi connectivity index (χ4v) is 7.08. The SMILES string of the molecule is COCCn1ccc2cc(C(=O)N3CCCC4=CC5CC(CN6CCCC[C@H]56)[C@@H]43)ccc21. The minimum absolute atomic E-state index is 0.214. The summed E-state index contributed by atoms with van der Waals surface area (Å²) in [6.07, 6.45) is 12.3. The van der Waals surface area contributed by atoms with Crippen LogP contribution in [-0.4, -0.2) is 65.7 Å². The van der Waals surface area contributed by atoms with E-state index in [0.29, 0.717) is 24.5 Å². The highest BCUT2D eigenvalue weighted by molar-refractivity contribution is 5.98. The molecule has 4 heterocycles. The van der Waals surface area contributed by atoms with Crippen molar-refractivity contribution in [3.05, 3.63) is 47.7 Å². The summed E-state index contributed by atoms with van der Waals surface area (Å²) in [6.45, 7) is 4.83. The number of likely N-dealkylation sites (tertiary alicyclic amines) is 1. The largest absolute Gasteiger partial charge is 0.383 e. The van der Waals surface area contributed by atoms with Gasteiger partial charge in [-0.1, -0.05) is 18.1 Å². The van der Waals surface area contributed by atoms with Crippen molar-refractivity contribution in [3.63, 3.8) is 0 Å². The molecule has 6 rings (SSSR count). The average molecular weight is 434 g/mol. The summed E-state index contributed by atoms with van der Waals surface area (Å²) in [5, 5.41) is 1.14. The number of carbonyl (C=O) groups excluding carboxylic acids is 1. The van der Waals surface area contributed by atoms with E-state index in [0.717, 1.165) is 36.5 Å². The molecule has 1 aromatic carbocycles. The number of piperidine rings is 3. The zero-order valence-electron chi connectivity index (χ0n) is 19.2.